The first-order valence-corrected chi connectivity index (χ1v) is 37.2. The molecule has 1 fully saturated rings. The van der Waals surface area contributed by atoms with Gasteiger partial charge in [-0.3, -0.25) is 9.59 Å². The number of unbranched alkanes of at least 4 members (excludes halogenated alkanes) is 41. The summed E-state index contributed by atoms with van der Waals surface area (Å²) < 4.78 is 16.7. The van der Waals surface area contributed by atoms with Crippen LogP contribution in [-0.2, 0) is 23.8 Å². The second kappa shape index (κ2) is 65.6. The van der Waals surface area contributed by atoms with Gasteiger partial charge in [0.25, 0.3) is 0 Å². The maximum Gasteiger partial charge on any atom is 0.305 e. The molecule has 1 aliphatic rings. The number of esters is 1. The second-order valence-corrected chi connectivity index (χ2v) is 25.6. The average molecular weight is 1240 g/mol. The largest absolute Gasteiger partial charge is 0.466 e. The van der Waals surface area contributed by atoms with E-state index in [0.29, 0.717) is 19.4 Å². The summed E-state index contributed by atoms with van der Waals surface area (Å²) in [5.41, 5.74) is 0. The number of carbonyl (C=O) groups excluding carboxylic acids is 2. The summed E-state index contributed by atoms with van der Waals surface area (Å²) in [4.78, 5) is 25.1. The Morgan fingerprint density at radius 3 is 1.22 bits per heavy atom. The van der Waals surface area contributed by atoms with Crippen LogP contribution in [0.15, 0.2) is 72.9 Å². The van der Waals surface area contributed by atoms with Crippen molar-refractivity contribution in [3.63, 3.8) is 0 Å². The van der Waals surface area contributed by atoms with Gasteiger partial charge in [0.2, 0.25) is 5.91 Å². The Labute approximate surface area is 541 Å². The van der Waals surface area contributed by atoms with Crippen LogP contribution in [0, 0.1) is 0 Å². The molecule has 1 rings (SSSR count). The molecule has 1 amide bonds. The van der Waals surface area contributed by atoms with Gasteiger partial charge in [-0.05, 0) is 109 Å². The van der Waals surface area contributed by atoms with Crippen LogP contribution in [0.1, 0.15) is 341 Å². The third-order valence-corrected chi connectivity index (χ3v) is 17.3. The lowest BCUT2D eigenvalue weighted by molar-refractivity contribution is -0.302. The highest BCUT2D eigenvalue weighted by molar-refractivity contribution is 5.76. The molecule has 11 heteroatoms. The van der Waals surface area contributed by atoms with Gasteiger partial charge >= 0.3 is 5.97 Å². The third kappa shape index (κ3) is 53.7. The number of ether oxygens (including phenoxy) is 3. The number of rotatable bonds is 65. The molecule has 11 nitrogen and oxygen atoms in total. The fourth-order valence-corrected chi connectivity index (χ4v) is 11.4. The normalized spacial score (nSPS) is 18.2. The predicted molar refractivity (Wildman–Crippen MR) is 370 cm³/mol. The van der Waals surface area contributed by atoms with Gasteiger partial charge in [0.15, 0.2) is 6.29 Å². The summed E-state index contributed by atoms with van der Waals surface area (Å²) in [6.45, 7) is 4.28. The Morgan fingerprint density at radius 2 is 0.773 bits per heavy atom. The van der Waals surface area contributed by atoms with Crippen molar-refractivity contribution in [2.75, 3.05) is 19.8 Å². The van der Waals surface area contributed by atoms with Gasteiger partial charge in [0.1, 0.15) is 24.4 Å². The van der Waals surface area contributed by atoms with Crippen LogP contribution < -0.4 is 5.32 Å². The Bertz CT molecular complexity index is 1690. The van der Waals surface area contributed by atoms with Gasteiger partial charge in [-0.2, -0.15) is 0 Å². The third-order valence-electron chi connectivity index (χ3n) is 17.3. The van der Waals surface area contributed by atoms with E-state index in [0.717, 1.165) is 70.6 Å². The lowest BCUT2D eigenvalue weighted by atomic mass is 9.99. The first kappa shape index (κ1) is 83.1. The van der Waals surface area contributed by atoms with E-state index in [4.69, 9.17) is 14.2 Å². The van der Waals surface area contributed by atoms with Gasteiger partial charge in [-0.25, -0.2) is 0 Å². The van der Waals surface area contributed by atoms with E-state index in [1.165, 1.54) is 244 Å². The number of carbonyl (C=O) groups is 2. The lowest BCUT2D eigenvalue weighted by Crippen LogP contribution is -2.60. The van der Waals surface area contributed by atoms with E-state index >= 15 is 0 Å². The topological polar surface area (TPSA) is 175 Å². The molecule has 512 valence electrons. The van der Waals surface area contributed by atoms with Crippen LogP contribution >= 0.6 is 0 Å². The van der Waals surface area contributed by atoms with E-state index in [1.54, 1.807) is 6.08 Å². The van der Waals surface area contributed by atoms with Crippen molar-refractivity contribution >= 4 is 11.9 Å². The Hall–Kier alpha value is -2.90. The predicted octanol–water partition coefficient (Wildman–Crippen LogP) is 19.5. The standard InChI is InChI=1S/C77H139NO10/c1-3-5-7-9-11-13-15-16-38-42-45-49-53-57-61-65-73(82)86-66-62-58-54-50-46-43-40-37-35-33-31-29-27-25-23-21-19-17-18-20-22-24-26-28-30-32-34-36-39-41-44-48-52-56-60-64-72(81)78-69(68-87-77-76(85)75(84)74(83)71(67-79)88-77)70(80)63-59-55-51-47-14-12-10-8-6-4-2/h11,13-14,16,19,21,25,27,38,47,59,63,69-71,74-77,79-80,83-85H,3-10,12,15,17-18,20,22-24,26,28-37,39-46,48-58,60-62,64-68H2,1-2H3,(H,78,81)/b13-11-,21-19-,27-25-,38-16-,47-14+,63-59+. The Kier molecular flexibility index (Phi) is 61.9. The molecular formula is C77H139NO10. The molecule has 1 saturated heterocycles. The highest BCUT2D eigenvalue weighted by atomic mass is 16.7. The van der Waals surface area contributed by atoms with Crippen LogP contribution in [0.2, 0.25) is 0 Å². The number of aliphatic hydroxyl groups is 5. The SMILES string of the molecule is CCCCC/C=C\C/C=C\CCCCCCCC(=O)OCCCCCCCCCCCCC/C=C\C/C=C\CCCCCCCCCCCCCCCCCCCC(=O)NC(COC1OC(CO)C(O)C(O)C1O)C(O)/C=C/CC/C=C/CCCCCC. The minimum atomic E-state index is -1.58. The average Bonchev–Trinajstić information content (AvgIpc) is 3.63. The van der Waals surface area contributed by atoms with Crippen LogP contribution in [0.5, 0.6) is 0 Å². The molecule has 7 atom stereocenters. The van der Waals surface area contributed by atoms with Crippen molar-refractivity contribution in [3.8, 4) is 0 Å². The van der Waals surface area contributed by atoms with Crippen molar-refractivity contribution in [3.05, 3.63) is 72.9 Å². The molecule has 0 aromatic carbocycles. The van der Waals surface area contributed by atoms with E-state index in [2.05, 4.69) is 79.9 Å². The molecular weight excluding hydrogens is 1100 g/mol. The molecule has 0 aromatic rings. The molecule has 88 heavy (non-hydrogen) atoms. The first-order valence-electron chi connectivity index (χ1n) is 37.2. The number of hydrogen-bond donors (Lipinski definition) is 6. The fraction of sp³-hybridized carbons (Fsp3) is 0.818. The van der Waals surface area contributed by atoms with Gasteiger partial charge < -0.3 is 45.1 Å². The van der Waals surface area contributed by atoms with E-state index < -0.39 is 49.5 Å². The van der Waals surface area contributed by atoms with Gasteiger partial charge in [-0.15, -0.1) is 0 Å². The van der Waals surface area contributed by atoms with Crippen molar-refractivity contribution in [1.29, 1.82) is 0 Å². The van der Waals surface area contributed by atoms with Crippen LogP contribution in [-0.4, -0.2) is 100 Å². The van der Waals surface area contributed by atoms with E-state index in [9.17, 15) is 35.1 Å². The Balaban J connectivity index is 1.91. The van der Waals surface area contributed by atoms with Crippen LogP contribution in [0.25, 0.3) is 0 Å². The number of nitrogens with one attached hydrogen (secondary N) is 1. The number of allylic oxidation sites excluding steroid dienone is 11. The maximum absolute atomic E-state index is 13.0. The molecule has 0 bridgehead atoms. The summed E-state index contributed by atoms with van der Waals surface area (Å²) in [6, 6.07) is -0.826. The van der Waals surface area contributed by atoms with Gasteiger partial charge in [-0.1, -0.05) is 292 Å². The molecule has 1 heterocycles. The van der Waals surface area contributed by atoms with E-state index in [-0.39, 0.29) is 18.5 Å². The molecule has 6 N–H and O–H groups in total. The lowest BCUT2D eigenvalue weighted by Gasteiger charge is -2.40. The highest BCUT2D eigenvalue weighted by Crippen LogP contribution is 2.23. The number of aliphatic hydroxyl groups excluding tert-OH is 5. The number of hydrogen-bond acceptors (Lipinski definition) is 10. The molecule has 0 aliphatic carbocycles. The first-order chi connectivity index (χ1) is 43.2. The Morgan fingerprint density at radius 1 is 0.420 bits per heavy atom. The smallest absolute Gasteiger partial charge is 0.305 e. The summed E-state index contributed by atoms with van der Waals surface area (Å²) in [5.74, 6) is -0.196. The van der Waals surface area contributed by atoms with Crippen molar-refractivity contribution in [2.24, 2.45) is 0 Å². The summed E-state index contributed by atoms with van der Waals surface area (Å²) in [5, 5.41) is 54.3. The zero-order valence-electron chi connectivity index (χ0n) is 56.9. The molecule has 1 aliphatic heterocycles. The fourth-order valence-electron chi connectivity index (χ4n) is 11.4. The monoisotopic (exact) mass is 1240 g/mol. The minimum Gasteiger partial charge on any atom is -0.466 e. The molecule has 0 saturated carbocycles. The summed E-state index contributed by atoms with van der Waals surface area (Å²) in [6.07, 6.45) is 79.3. The molecule has 0 spiro atoms. The molecule has 7 unspecified atom stereocenters. The van der Waals surface area contributed by atoms with Crippen molar-refractivity contribution < 1.29 is 49.3 Å². The molecule has 0 aromatic heterocycles. The zero-order chi connectivity index (χ0) is 63.7. The summed E-state index contributed by atoms with van der Waals surface area (Å²) >= 11 is 0. The van der Waals surface area contributed by atoms with Crippen molar-refractivity contribution in [2.45, 2.75) is 384 Å². The summed E-state index contributed by atoms with van der Waals surface area (Å²) in [7, 11) is 0. The van der Waals surface area contributed by atoms with Crippen LogP contribution in [0.3, 0.4) is 0 Å². The van der Waals surface area contributed by atoms with Crippen LogP contribution in [0.4, 0.5) is 0 Å². The zero-order valence-corrected chi connectivity index (χ0v) is 56.9. The van der Waals surface area contributed by atoms with Crippen molar-refractivity contribution in [1.82, 2.24) is 5.32 Å². The van der Waals surface area contributed by atoms with Gasteiger partial charge in [0.05, 0.1) is 32.0 Å². The molecule has 0 radical (unpaired) electrons. The second-order valence-electron chi connectivity index (χ2n) is 25.6. The quantitative estimate of drug-likeness (QED) is 0.0195. The minimum absolute atomic E-state index is 0.00452. The number of amides is 1. The maximum atomic E-state index is 13.0. The van der Waals surface area contributed by atoms with E-state index in [1.807, 2.05) is 6.08 Å². The highest BCUT2D eigenvalue weighted by Gasteiger charge is 2.44. The van der Waals surface area contributed by atoms with Gasteiger partial charge in [0, 0.05) is 12.8 Å².